The number of nitrogens with zero attached hydrogens (tertiary/aromatic N) is 6. The lowest BCUT2D eigenvalue weighted by Crippen LogP contribution is -2.39. The summed E-state index contributed by atoms with van der Waals surface area (Å²) in [6.45, 7) is 1.62. The molecule has 1 N–H and O–H groups in total. The van der Waals surface area contributed by atoms with Crippen molar-refractivity contribution in [3.63, 3.8) is 0 Å². The van der Waals surface area contributed by atoms with Gasteiger partial charge in [-0.3, -0.25) is 4.98 Å². The first kappa shape index (κ1) is 18.7. The Bertz CT molecular complexity index is 1160. The van der Waals surface area contributed by atoms with Gasteiger partial charge in [0.05, 0.1) is 5.52 Å². The van der Waals surface area contributed by atoms with Crippen molar-refractivity contribution < 1.29 is 5.11 Å². The van der Waals surface area contributed by atoms with Gasteiger partial charge in [0.25, 0.3) is 0 Å². The van der Waals surface area contributed by atoms with Gasteiger partial charge >= 0.3 is 0 Å². The smallest absolute Gasteiger partial charge is 0.163 e. The minimum Gasteiger partial charge on any atom is -0.385 e. The summed E-state index contributed by atoms with van der Waals surface area (Å²) in [7, 11) is 1.92. The van der Waals surface area contributed by atoms with E-state index in [-0.39, 0.29) is 5.92 Å². The van der Waals surface area contributed by atoms with Crippen LogP contribution in [0.1, 0.15) is 24.8 Å². The summed E-state index contributed by atoms with van der Waals surface area (Å²) in [6, 6.07) is 12.0. The number of imidazole rings is 1. The molecule has 4 heterocycles. The first-order valence-corrected chi connectivity index (χ1v) is 10.3. The molecule has 7 nitrogen and oxygen atoms in total. The van der Waals surface area contributed by atoms with Crippen LogP contribution in [-0.4, -0.2) is 42.7 Å². The van der Waals surface area contributed by atoms with Crippen molar-refractivity contribution in [3.05, 3.63) is 67.0 Å². The summed E-state index contributed by atoms with van der Waals surface area (Å²) in [5, 5.41) is 12.0. The standard InChI is InChI=1S/C23H24N6O/c1-28-13-11-25-23(28)20(30)17-7-5-12-29(15-17)22-18-8-2-3-9-19(18)26-21(27-22)16-6-4-10-24-14-16/h2-4,6,8-11,13-14,17,20,30H,5,7,12,15H2,1H3. The molecule has 0 spiro atoms. The van der Waals surface area contributed by atoms with Gasteiger partial charge in [-0.1, -0.05) is 12.1 Å². The van der Waals surface area contributed by atoms with Crippen molar-refractivity contribution in [2.45, 2.75) is 18.9 Å². The van der Waals surface area contributed by atoms with Crippen molar-refractivity contribution >= 4 is 16.7 Å². The van der Waals surface area contributed by atoms with Crippen molar-refractivity contribution in [3.8, 4) is 11.4 Å². The molecule has 0 aliphatic carbocycles. The molecule has 2 unspecified atom stereocenters. The number of pyridine rings is 1. The van der Waals surface area contributed by atoms with Gasteiger partial charge in [0.1, 0.15) is 17.7 Å². The molecule has 1 fully saturated rings. The molecule has 1 saturated heterocycles. The number of benzene rings is 1. The number of fused-ring (bicyclic) bond motifs is 1. The van der Waals surface area contributed by atoms with Crippen LogP contribution in [0.3, 0.4) is 0 Å². The Morgan fingerprint density at radius 1 is 1.10 bits per heavy atom. The maximum atomic E-state index is 11.0. The third-order valence-corrected chi connectivity index (χ3v) is 5.83. The van der Waals surface area contributed by atoms with E-state index in [0.29, 0.717) is 11.6 Å². The molecule has 4 aromatic rings. The van der Waals surface area contributed by atoms with Gasteiger partial charge in [0.15, 0.2) is 5.82 Å². The monoisotopic (exact) mass is 400 g/mol. The van der Waals surface area contributed by atoms with Crippen LogP contribution in [0.15, 0.2) is 61.2 Å². The second-order valence-corrected chi connectivity index (χ2v) is 7.82. The third kappa shape index (κ3) is 3.41. The zero-order valence-corrected chi connectivity index (χ0v) is 16.9. The molecule has 0 amide bonds. The Morgan fingerprint density at radius 2 is 2.00 bits per heavy atom. The number of aliphatic hydroxyl groups is 1. The van der Waals surface area contributed by atoms with E-state index in [1.54, 1.807) is 18.6 Å². The van der Waals surface area contributed by atoms with Crippen LogP contribution in [0.4, 0.5) is 5.82 Å². The summed E-state index contributed by atoms with van der Waals surface area (Å²) < 4.78 is 1.89. The maximum absolute atomic E-state index is 11.0. The van der Waals surface area contributed by atoms with E-state index in [9.17, 15) is 5.11 Å². The Balaban J connectivity index is 1.52. The zero-order valence-electron chi connectivity index (χ0n) is 16.9. The first-order chi connectivity index (χ1) is 14.7. The second-order valence-electron chi connectivity index (χ2n) is 7.82. The molecule has 0 bridgehead atoms. The predicted octanol–water partition coefficient (Wildman–Crippen LogP) is 3.38. The van der Waals surface area contributed by atoms with Gasteiger partial charge in [-0.15, -0.1) is 0 Å². The van der Waals surface area contributed by atoms with Gasteiger partial charge < -0.3 is 14.6 Å². The molecule has 152 valence electrons. The summed E-state index contributed by atoms with van der Waals surface area (Å²) in [4.78, 5) is 20.6. The molecule has 1 aliphatic heterocycles. The lowest BCUT2D eigenvalue weighted by molar-refractivity contribution is 0.0874. The Hall–Kier alpha value is -3.32. The molecular weight excluding hydrogens is 376 g/mol. The molecule has 2 atom stereocenters. The number of aryl methyl sites for hydroxylation is 1. The highest BCUT2D eigenvalue weighted by atomic mass is 16.3. The van der Waals surface area contributed by atoms with E-state index in [1.165, 1.54) is 0 Å². The molecule has 0 saturated carbocycles. The van der Waals surface area contributed by atoms with Crippen molar-refractivity contribution in [1.29, 1.82) is 0 Å². The lowest BCUT2D eigenvalue weighted by atomic mass is 9.91. The average molecular weight is 400 g/mol. The fourth-order valence-electron chi connectivity index (χ4n) is 4.26. The third-order valence-electron chi connectivity index (χ3n) is 5.83. The van der Waals surface area contributed by atoms with E-state index in [4.69, 9.17) is 9.97 Å². The minimum atomic E-state index is -0.598. The van der Waals surface area contributed by atoms with Gasteiger partial charge in [0, 0.05) is 61.8 Å². The number of anilines is 1. The number of hydrogen-bond donors (Lipinski definition) is 1. The van der Waals surface area contributed by atoms with E-state index in [1.807, 2.05) is 48.1 Å². The zero-order chi connectivity index (χ0) is 20.5. The van der Waals surface area contributed by atoms with Crippen LogP contribution in [0.2, 0.25) is 0 Å². The van der Waals surface area contributed by atoms with Crippen molar-refractivity contribution in [2.24, 2.45) is 13.0 Å². The molecule has 0 radical (unpaired) electrons. The number of piperidine rings is 1. The Kier molecular flexibility index (Phi) is 4.88. The number of para-hydroxylation sites is 1. The van der Waals surface area contributed by atoms with Gasteiger partial charge in [-0.2, -0.15) is 0 Å². The minimum absolute atomic E-state index is 0.0930. The van der Waals surface area contributed by atoms with Gasteiger partial charge in [-0.25, -0.2) is 15.0 Å². The van der Waals surface area contributed by atoms with Crippen LogP contribution in [-0.2, 0) is 7.05 Å². The topological polar surface area (TPSA) is 80.0 Å². The van der Waals surface area contributed by atoms with E-state index in [2.05, 4.69) is 20.9 Å². The fourth-order valence-corrected chi connectivity index (χ4v) is 4.26. The number of rotatable bonds is 4. The predicted molar refractivity (Wildman–Crippen MR) is 116 cm³/mol. The fraction of sp³-hybridized carbons (Fsp3) is 0.304. The summed E-state index contributed by atoms with van der Waals surface area (Å²) in [6.07, 6.45) is 8.50. The molecule has 30 heavy (non-hydrogen) atoms. The largest absolute Gasteiger partial charge is 0.385 e. The second kappa shape index (κ2) is 7.84. The average Bonchev–Trinajstić information content (AvgIpc) is 3.24. The van der Waals surface area contributed by atoms with Gasteiger partial charge in [-0.05, 0) is 37.1 Å². The Labute approximate surface area is 175 Å². The highest BCUT2D eigenvalue weighted by Crippen LogP contribution is 2.34. The van der Waals surface area contributed by atoms with E-state index < -0.39 is 6.10 Å². The van der Waals surface area contributed by atoms with E-state index in [0.717, 1.165) is 48.2 Å². The molecule has 1 aromatic carbocycles. The van der Waals surface area contributed by atoms with Crippen LogP contribution in [0, 0.1) is 5.92 Å². The highest BCUT2D eigenvalue weighted by Gasteiger charge is 2.30. The maximum Gasteiger partial charge on any atom is 0.163 e. The van der Waals surface area contributed by atoms with E-state index >= 15 is 0 Å². The number of aliphatic hydroxyl groups excluding tert-OH is 1. The van der Waals surface area contributed by atoms with Crippen LogP contribution >= 0.6 is 0 Å². The molecule has 7 heteroatoms. The molecule has 3 aromatic heterocycles. The highest BCUT2D eigenvalue weighted by molar-refractivity contribution is 5.91. The van der Waals surface area contributed by atoms with Crippen molar-refractivity contribution in [1.82, 2.24) is 24.5 Å². The van der Waals surface area contributed by atoms with Crippen LogP contribution in [0.5, 0.6) is 0 Å². The van der Waals surface area contributed by atoms with Crippen LogP contribution in [0.25, 0.3) is 22.3 Å². The lowest BCUT2D eigenvalue weighted by Gasteiger charge is -2.36. The summed E-state index contributed by atoms with van der Waals surface area (Å²) in [5.74, 6) is 2.39. The molecule has 1 aliphatic rings. The van der Waals surface area contributed by atoms with Gasteiger partial charge in [0.2, 0.25) is 0 Å². The number of hydrogen-bond acceptors (Lipinski definition) is 6. The van der Waals surface area contributed by atoms with Crippen LogP contribution < -0.4 is 4.90 Å². The Morgan fingerprint density at radius 3 is 2.80 bits per heavy atom. The summed E-state index contributed by atoms with van der Waals surface area (Å²) >= 11 is 0. The number of aromatic nitrogens is 5. The van der Waals surface area contributed by atoms with Crippen molar-refractivity contribution in [2.75, 3.05) is 18.0 Å². The first-order valence-electron chi connectivity index (χ1n) is 10.3. The summed E-state index contributed by atoms with van der Waals surface area (Å²) in [5.41, 5.74) is 1.80. The quantitative estimate of drug-likeness (QED) is 0.566. The molecular formula is C23H24N6O. The normalized spacial score (nSPS) is 17.9. The molecule has 5 rings (SSSR count). The SMILES string of the molecule is Cn1ccnc1C(O)C1CCCN(c2nc(-c3cccnc3)nc3ccccc23)C1.